The van der Waals surface area contributed by atoms with Crippen LogP contribution in [-0.2, 0) is 9.45 Å². The molecule has 0 aromatic carbocycles. The fourth-order valence-corrected chi connectivity index (χ4v) is 0.609. The second kappa shape index (κ2) is 5.87. The predicted octanol–water partition coefficient (Wildman–Crippen LogP) is 2.19. The molecule has 0 saturated heterocycles. The van der Waals surface area contributed by atoms with Crippen molar-refractivity contribution in [2.75, 3.05) is 0 Å². The highest BCUT2D eigenvalue weighted by atomic mass is 16.5. The van der Waals surface area contributed by atoms with E-state index in [2.05, 4.69) is 6.58 Å². The van der Waals surface area contributed by atoms with Crippen molar-refractivity contribution in [1.82, 2.24) is 0 Å². The Kier molecular flexibility index (Phi) is 5.51. The van der Waals surface area contributed by atoms with E-state index in [9.17, 15) is 4.79 Å². The van der Waals surface area contributed by atoms with Crippen LogP contribution >= 0.6 is 0 Å². The zero-order valence-electron chi connectivity index (χ0n) is 8.04. The van der Waals surface area contributed by atoms with Crippen molar-refractivity contribution < 1.29 is 9.45 Å². The highest BCUT2D eigenvalue weighted by Crippen LogP contribution is 2.10. The maximum absolute atomic E-state index is 11.0. The van der Waals surface area contributed by atoms with Gasteiger partial charge in [-0.15, -0.1) is 6.58 Å². The van der Waals surface area contributed by atoms with Gasteiger partial charge >= 0.3 is 7.48 Å². The van der Waals surface area contributed by atoms with Gasteiger partial charge in [-0.05, 0) is 5.82 Å². The minimum Gasteiger partial charge on any atom is -0.538 e. The summed E-state index contributed by atoms with van der Waals surface area (Å²) in [7, 11) is 1.55. The van der Waals surface area contributed by atoms with E-state index in [1.54, 1.807) is 13.6 Å². The number of hydrogen-bond acceptors (Lipinski definition) is 2. The second-order valence-corrected chi connectivity index (χ2v) is 3.04. The van der Waals surface area contributed by atoms with Crippen LogP contribution in [0.1, 0.15) is 27.2 Å². The highest BCUT2D eigenvalue weighted by molar-refractivity contribution is 6.33. The predicted molar refractivity (Wildman–Crippen MR) is 50.9 cm³/mol. The van der Waals surface area contributed by atoms with Gasteiger partial charge in [0.05, 0.1) is 0 Å². The molecule has 0 heterocycles. The summed E-state index contributed by atoms with van der Waals surface area (Å²) in [6.45, 7) is 9.27. The third-order valence-corrected chi connectivity index (χ3v) is 1.60. The van der Waals surface area contributed by atoms with Gasteiger partial charge in [-0.1, -0.05) is 33.3 Å². The molecule has 67 valence electrons. The summed E-state index contributed by atoms with van der Waals surface area (Å²) in [5.41, 5.74) is 0. The summed E-state index contributed by atoms with van der Waals surface area (Å²) in [6.07, 6.45) is 2.68. The fourth-order valence-electron chi connectivity index (χ4n) is 0.609. The van der Waals surface area contributed by atoms with Crippen molar-refractivity contribution in [3.8, 4) is 0 Å². The topological polar surface area (TPSA) is 26.3 Å². The van der Waals surface area contributed by atoms with Crippen LogP contribution < -0.4 is 0 Å². The first-order chi connectivity index (χ1) is 5.61. The minimum absolute atomic E-state index is 0.0661. The number of hydrogen-bond donors (Lipinski definition) is 0. The van der Waals surface area contributed by atoms with E-state index < -0.39 is 0 Å². The standard InChI is InChI=1S/C9H16BO2/c1-5-8(6-2)10-12-9(11)7(3)4/h5,7-8H,1,6H2,2-4H3. The largest absolute Gasteiger partial charge is 0.538 e. The molecule has 0 bridgehead atoms. The molecular formula is C9H16BO2. The molecular weight excluding hydrogens is 151 g/mol. The van der Waals surface area contributed by atoms with Gasteiger partial charge in [0.1, 0.15) is 0 Å². The van der Waals surface area contributed by atoms with E-state index in [4.69, 9.17) is 4.65 Å². The molecule has 0 fully saturated rings. The van der Waals surface area contributed by atoms with Gasteiger partial charge in [-0.25, -0.2) is 0 Å². The minimum atomic E-state index is -0.185. The average Bonchev–Trinajstić information content (AvgIpc) is 2.05. The van der Waals surface area contributed by atoms with Crippen molar-refractivity contribution in [3.63, 3.8) is 0 Å². The molecule has 0 aromatic rings. The van der Waals surface area contributed by atoms with Gasteiger partial charge < -0.3 is 4.65 Å². The molecule has 0 aliphatic rings. The fraction of sp³-hybridized carbons (Fsp3) is 0.667. The normalized spacial score (nSPS) is 12.3. The van der Waals surface area contributed by atoms with E-state index in [-0.39, 0.29) is 17.7 Å². The summed E-state index contributed by atoms with van der Waals surface area (Å²) in [4.78, 5) is 11.0. The molecule has 2 nitrogen and oxygen atoms in total. The van der Waals surface area contributed by atoms with Gasteiger partial charge in [0.15, 0.2) is 0 Å². The first-order valence-corrected chi connectivity index (χ1v) is 4.28. The summed E-state index contributed by atoms with van der Waals surface area (Å²) in [5.74, 6) is -0.0772. The lowest BCUT2D eigenvalue weighted by Gasteiger charge is -2.09. The third-order valence-electron chi connectivity index (χ3n) is 1.60. The van der Waals surface area contributed by atoms with Crippen LogP contribution in [0, 0.1) is 5.92 Å². The van der Waals surface area contributed by atoms with E-state index in [0.717, 1.165) is 6.42 Å². The molecule has 0 N–H and O–H groups in total. The maximum Gasteiger partial charge on any atom is 0.381 e. The Morgan fingerprint density at radius 1 is 1.67 bits per heavy atom. The first-order valence-electron chi connectivity index (χ1n) is 4.28. The van der Waals surface area contributed by atoms with Gasteiger partial charge in [-0.3, -0.25) is 4.79 Å². The lowest BCUT2D eigenvalue weighted by Crippen LogP contribution is -2.16. The molecule has 0 aliphatic carbocycles. The van der Waals surface area contributed by atoms with Gasteiger partial charge in [0, 0.05) is 5.92 Å². The molecule has 0 saturated carbocycles. The van der Waals surface area contributed by atoms with Gasteiger partial charge in [0.2, 0.25) is 0 Å². The van der Waals surface area contributed by atoms with Crippen molar-refractivity contribution in [2.45, 2.75) is 33.0 Å². The Morgan fingerprint density at radius 2 is 2.25 bits per heavy atom. The summed E-state index contributed by atoms with van der Waals surface area (Å²) in [5, 5.41) is 0. The van der Waals surface area contributed by atoms with Crippen molar-refractivity contribution in [1.29, 1.82) is 0 Å². The van der Waals surface area contributed by atoms with Gasteiger partial charge in [-0.2, -0.15) is 0 Å². The maximum atomic E-state index is 11.0. The quantitative estimate of drug-likeness (QED) is 0.463. The van der Waals surface area contributed by atoms with Crippen LogP contribution in [0.2, 0.25) is 5.82 Å². The van der Waals surface area contributed by atoms with E-state index >= 15 is 0 Å². The Labute approximate surface area is 75.3 Å². The number of rotatable bonds is 5. The number of carbonyl (C=O) groups is 1. The van der Waals surface area contributed by atoms with Gasteiger partial charge in [0.25, 0.3) is 5.97 Å². The zero-order chi connectivity index (χ0) is 9.56. The molecule has 0 spiro atoms. The Morgan fingerprint density at radius 3 is 2.58 bits per heavy atom. The summed E-state index contributed by atoms with van der Waals surface area (Å²) in [6, 6.07) is 0. The zero-order valence-corrected chi connectivity index (χ0v) is 8.04. The van der Waals surface area contributed by atoms with Crippen LogP contribution in [0.25, 0.3) is 0 Å². The Balaban J connectivity index is 3.66. The first kappa shape index (κ1) is 11.3. The molecule has 0 rings (SSSR count). The Bertz CT molecular complexity index is 155. The van der Waals surface area contributed by atoms with Crippen LogP contribution in [0.4, 0.5) is 0 Å². The highest BCUT2D eigenvalue weighted by Gasteiger charge is 2.12. The molecule has 3 heteroatoms. The van der Waals surface area contributed by atoms with E-state index in [1.165, 1.54) is 0 Å². The molecule has 1 unspecified atom stereocenters. The SMILES string of the molecule is C=CC([B]OC(=O)C(C)C)CC. The lowest BCUT2D eigenvalue weighted by atomic mass is 9.78. The Hall–Kier alpha value is -0.725. The molecule has 12 heavy (non-hydrogen) atoms. The van der Waals surface area contributed by atoms with Crippen molar-refractivity contribution in [2.24, 2.45) is 5.92 Å². The van der Waals surface area contributed by atoms with E-state index in [1.807, 2.05) is 20.8 Å². The smallest absolute Gasteiger partial charge is 0.381 e. The third kappa shape index (κ3) is 4.22. The number of allylic oxidation sites excluding steroid dienone is 1. The molecule has 0 aromatic heterocycles. The van der Waals surface area contributed by atoms with Crippen LogP contribution in [0.5, 0.6) is 0 Å². The van der Waals surface area contributed by atoms with Crippen LogP contribution in [0.15, 0.2) is 12.7 Å². The van der Waals surface area contributed by atoms with Crippen LogP contribution in [-0.4, -0.2) is 13.5 Å². The average molecular weight is 167 g/mol. The van der Waals surface area contributed by atoms with Crippen molar-refractivity contribution in [3.05, 3.63) is 12.7 Å². The monoisotopic (exact) mass is 167 g/mol. The second-order valence-electron chi connectivity index (χ2n) is 3.04. The van der Waals surface area contributed by atoms with Crippen LogP contribution in [0.3, 0.4) is 0 Å². The van der Waals surface area contributed by atoms with E-state index in [0.29, 0.717) is 0 Å². The molecule has 1 radical (unpaired) electrons. The summed E-state index contributed by atoms with van der Waals surface area (Å²) >= 11 is 0. The molecule has 0 aliphatic heterocycles. The molecule has 0 amide bonds. The number of carbonyl (C=O) groups excluding carboxylic acids is 1. The summed E-state index contributed by atoms with van der Waals surface area (Å²) < 4.78 is 4.91. The lowest BCUT2D eigenvalue weighted by molar-refractivity contribution is -0.137. The van der Waals surface area contributed by atoms with Crippen molar-refractivity contribution >= 4 is 13.5 Å². The molecule has 1 atom stereocenters.